The second-order valence-corrected chi connectivity index (χ2v) is 4.81. The van der Waals surface area contributed by atoms with Gasteiger partial charge in [0, 0.05) is 12.0 Å². The molecule has 0 unspecified atom stereocenters. The smallest absolute Gasteiger partial charge is 0.107 e. The topological polar surface area (TPSA) is 35.2 Å². The molecule has 0 amide bonds. The molecule has 0 aliphatic carbocycles. The van der Waals surface area contributed by atoms with Crippen LogP contribution in [0, 0.1) is 0 Å². The molecule has 0 fully saturated rings. The average molecular weight is 243 g/mol. The average Bonchev–Trinajstić information content (AvgIpc) is 2.32. The van der Waals surface area contributed by atoms with Gasteiger partial charge in [0.05, 0.1) is 12.1 Å². The van der Waals surface area contributed by atoms with Gasteiger partial charge in [-0.05, 0) is 23.4 Å². The summed E-state index contributed by atoms with van der Waals surface area (Å²) in [4.78, 5) is 1.20. The van der Waals surface area contributed by atoms with Crippen molar-refractivity contribution in [3.8, 4) is 0 Å². The third-order valence-corrected chi connectivity index (χ3v) is 3.23. The van der Waals surface area contributed by atoms with Crippen molar-refractivity contribution in [1.29, 1.82) is 0 Å². The molecule has 0 aromatic heterocycles. The van der Waals surface area contributed by atoms with E-state index in [-0.39, 0.29) is 6.10 Å². The highest BCUT2D eigenvalue weighted by Gasteiger charge is 2.18. The predicted molar refractivity (Wildman–Crippen MR) is 66.5 cm³/mol. The zero-order valence-corrected chi connectivity index (χ0v) is 10.5. The maximum Gasteiger partial charge on any atom is 0.107 e. The van der Waals surface area contributed by atoms with Crippen LogP contribution >= 0.6 is 11.8 Å². The molecule has 16 heavy (non-hydrogen) atoms. The van der Waals surface area contributed by atoms with Crippen molar-refractivity contribution in [3.05, 3.63) is 29.8 Å². The minimum atomic E-state index is -0.602. The fourth-order valence-corrected chi connectivity index (χ4v) is 2.22. The number of ether oxygens (including phenoxy) is 1. The van der Waals surface area contributed by atoms with Gasteiger partial charge in [0.25, 0.3) is 0 Å². The van der Waals surface area contributed by atoms with E-state index in [1.807, 2.05) is 24.3 Å². The molecular formula is C12H18FNOS. The Labute approximate surface area is 100 Å². The summed E-state index contributed by atoms with van der Waals surface area (Å²) in [6.45, 7) is 1.53. The first-order chi connectivity index (χ1) is 7.72. The van der Waals surface area contributed by atoms with E-state index in [1.54, 1.807) is 18.9 Å². The summed E-state index contributed by atoms with van der Waals surface area (Å²) >= 11 is 1.77. The lowest BCUT2D eigenvalue weighted by atomic mass is 10.0. The van der Waals surface area contributed by atoms with Gasteiger partial charge in [0.1, 0.15) is 6.67 Å². The monoisotopic (exact) mass is 243 g/mol. The normalized spacial score (nSPS) is 14.8. The van der Waals surface area contributed by atoms with E-state index >= 15 is 0 Å². The SMILES string of the molecule is CCSc1ccc([C@@H](OC)[C@H](N)CF)cc1. The van der Waals surface area contributed by atoms with Crippen LogP contribution in [0.3, 0.4) is 0 Å². The first-order valence-electron chi connectivity index (χ1n) is 5.30. The van der Waals surface area contributed by atoms with E-state index in [9.17, 15) is 4.39 Å². The summed E-state index contributed by atoms with van der Waals surface area (Å²) < 4.78 is 17.7. The van der Waals surface area contributed by atoms with Crippen molar-refractivity contribution in [2.24, 2.45) is 5.73 Å². The highest BCUT2D eigenvalue weighted by Crippen LogP contribution is 2.24. The predicted octanol–water partition coefficient (Wildman–Crippen LogP) is 2.78. The van der Waals surface area contributed by atoms with Gasteiger partial charge in [-0.15, -0.1) is 11.8 Å². The van der Waals surface area contributed by atoms with Crippen LogP contribution in [0.2, 0.25) is 0 Å². The quantitative estimate of drug-likeness (QED) is 0.780. The Hall–Kier alpha value is -0.580. The lowest BCUT2D eigenvalue weighted by molar-refractivity contribution is 0.0720. The van der Waals surface area contributed by atoms with Gasteiger partial charge < -0.3 is 10.5 Å². The number of thioether (sulfide) groups is 1. The number of methoxy groups -OCH3 is 1. The minimum absolute atomic E-state index is 0.370. The summed E-state index contributed by atoms with van der Waals surface area (Å²) in [7, 11) is 1.55. The number of benzene rings is 1. The summed E-state index contributed by atoms with van der Waals surface area (Å²) in [6.07, 6.45) is -0.370. The summed E-state index contributed by atoms with van der Waals surface area (Å²) in [6, 6.07) is 7.32. The van der Waals surface area contributed by atoms with Gasteiger partial charge in [-0.2, -0.15) is 0 Å². The van der Waals surface area contributed by atoms with Crippen molar-refractivity contribution < 1.29 is 9.13 Å². The molecule has 0 aliphatic rings. The molecule has 0 saturated heterocycles. The molecule has 0 radical (unpaired) electrons. The van der Waals surface area contributed by atoms with Crippen molar-refractivity contribution in [2.45, 2.75) is 24.0 Å². The van der Waals surface area contributed by atoms with Crippen molar-refractivity contribution in [1.82, 2.24) is 0 Å². The zero-order valence-electron chi connectivity index (χ0n) is 9.65. The Morgan fingerprint density at radius 2 is 2.00 bits per heavy atom. The molecule has 2 nitrogen and oxygen atoms in total. The molecule has 2 atom stereocenters. The number of alkyl halides is 1. The van der Waals surface area contributed by atoms with Gasteiger partial charge in [-0.3, -0.25) is 0 Å². The number of hydrogen-bond donors (Lipinski definition) is 1. The molecule has 1 rings (SSSR count). The summed E-state index contributed by atoms with van der Waals surface area (Å²) in [5.74, 6) is 1.04. The molecule has 1 aromatic carbocycles. The fraction of sp³-hybridized carbons (Fsp3) is 0.500. The van der Waals surface area contributed by atoms with Gasteiger partial charge in [0.2, 0.25) is 0 Å². The molecule has 0 aliphatic heterocycles. The molecule has 1 aromatic rings. The van der Waals surface area contributed by atoms with Crippen LogP contribution in [-0.4, -0.2) is 25.6 Å². The number of rotatable bonds is 6. The lowest BCUT2D eigenvalue weighted by Crippen LogP contribution is -2.31. The zero-order chi connectivity index (χ0) is 12.0. The van der Waals surface area contributed by atoms with Gasteiger partial charge in [-0.1, -0.05) is 19.1 Å². The molecule has 0 spiro atoms. The van der Waals surface area contributed by atoms with Crippen molar-refractivity contribution >= 4 is 11.8 Å². The van der Waals surface area contributed by atoms with Crippen LogP contribution < -0.4 is 5.73 Å². The van der Waals surface area contributed by atoms with Crippen LogP contribution in [0.1, 0.15) is 18.6 Å². The largest absolute Gasteiger partial charge is 0.375 e. The van der Waals surface area contributed by atoms with Crippen LogP contribution in [-0.2, 0) is 4.74 Å². The molecule has 90 valence electrons. The second-order valence-electron chi connectivity index (χ2n) is 3.48. The molecule has 0 heterocycles. The maximum absolute atomic E-state index is 12.5. The molecule has 0 saturated carbocycles. The lowest BCUT2D eigenvalue weighted by Gasteiger charge is -2.20. The number of hydrogen-bond acceptors (Lipinski definition) is 3. The standard InChI is InChI=1S/C12H18FNOS/c1-3-16-10-6-4-9(5-7-10)12(15-2)11(14)8-13/h4-7,11-12H,3,8,14H2,1-2H3/t11-,12-/m1/s1. The van der Waals surface area contributed by atoms with Crippen LogP contribution in [0.15, 0.2) is 29.2 Å². The number of nitrogens with two attached hydrogens (primary N) is 1. The Morgan fingerprint density at radius 3 is 2.44 bits per heavy atom. The van der Waals surface area contributed by atoms with Gasteiger partial charge in [-0.25, -0.2) is 4.39 Å². The molecule has 0 bridgehead atoms. The highest BCUT2D eigenvalue weighted by atomic mass is 32.2. The first kappa shape index (κ1) is 13.5. The van der Waals surface area contributed by atoms with E-state index < -0.39 is 12.7 Å². The second kappa shape index (κ2) is 6.89. The van der Waals surface area contributed by atoms with E-state index in [0.717, 1.165) is 11.3 Å². The van der Waals surface area contributed by atoms with Gasteiger partial charge >= 0.3 is 0 Å². The van der Waals surface area contributed by atoms with E-state index in [2.05, 4.69) is 6.92 Å². The third kappa shape index (κ3) is 3.47. The summed E-state index contributed by atoms with van der Waals surface area (Å²) in [5, 5.41) is 0. The number of halogens is 1. The molecular weight excluding hydrogens is 225 g/mol. The van der Waals surface area contributed by atoms with E-state index in [0.29, 0.717) is 0 Å². The Balaban J connectivity index is 2.78. The van der Waals surface area contributed by atoms with E-state index in [4.69, 9.17) is 10.5 Å². The van der Waals surface area contributed by atoms with Crippen LogP contribution in [0.4, 0.5) is 4.39 Å². The third-order valence-electron chi connectivity index (χ3n) is 2.34. The highest BCUT2D eigenvalue weighted by molar-refractivity contribution is 7.99. The fourth-order valence-electron chi connectivity index (χ4n) is 1.56. The Morgan fingerprint density at radius 1 is 1.38 bits per heavy atom. The van der Waals surface area contributed by atoms with E-state index in [1.165, 1.54) is 4.90 Å². The molecule has 2 N–H and O–H groups in total. The van der Waals surface area contributed by atoms with Crippen molar-refractivity contribution in [3.63, 3.8) is 0 Å². The van der Waals surface area contributed by atoms with Gasteiger partial charge in [0.15, 0.2) is 0 Å². The van der Waals surface area contributed by atoms with Crippen molar-refractivity contribution in [2.75, 3.05) is 19.5 Å². The van der Waals surface area contributed by atoms with Crippen LogP contribution in [0.25, 0.3) is 0 Å². The van der Waals surface area contributed by atoms with Crippen LogP contribution in [0.5, 0.6) is 0 Å². The molecule has 4 heteroatoms. The maximum atomic E-state index is 12.5. The summed E-state index contributed by atoms with van der Waals surface area (Å²) in [5.41, 5.74) is 6.58. The Bertz CT molecular complexity index is 304. The first-order valence-corrected chi connectivity index (χ1v) is 6.28. The Kier molecular flexibility index (Phi) is 5.80. The minimum Gasteiger partial charge on any atom is -0.375 e.